The number of ether oxygens (including phenoxy) is 1. The molecule has 1 heterocycles. The molecule has 0 saturated carbocycles. The van der Waals surface area contributed by atoms with Gasteiger partial charge in [0.05, 0.1) is 7.11 Å². The van der Waals surface area contributed by atoms with Crippen LogP contribution in [0.3, 0.4) is 0 Å². The zero-order valence-electron chi connectivity index (χ0n) is 7.51. The maximum atomic E-state index is 12.3. The van der Waals surface area contributed by atoms with Crippen LogP contribution in [0.4, 0.5) is 8.78 Å². The van der Waals surface area contributed by atoms with Crippen LogP contribution in [0.2, 0.25) is 5.02 Å². The molecule has 7 heteroatoms. The van der Waals surface area contributed by atoms with E-state index in [1.54, 1.807) is 0 Å². The number of esters is 1. The molecule has 0 aliphatic heterocycles. The molecule has 82 valence electrons. The van der Waals surface area contributed by atoms with Crippen LogP contribution in [-0.4, -0.2) is 18.1 Å². The molecular formula is C8H6ClF2NO3. The van der Waals surface area contributed by atoms with Crippen molar-refractivity contribution in [1.29, 1.82) is 0 Å². The summed E-state index contributed by atoms with van der Waals surface area (Å²) < 4.78 is 29.0. The van der Waals surface area contributed by atoms with Crippen LogP contribution in [0.25, 0.3) is 0 Å². The van der Waals surface area contributed by atoms with Gasteiger partial charge in [0.1, 0.15) is 16.4 Å². The van der Waals surface area contributed by atoms with E-state index in [1.165, 1.54) is 0 Å². The highest BCUT2D eigenvalue weighted by Gasteiger charge is 2.18. The minimum atomic E-state index is -2.96. The van der Waals surface area contributed by atoms with E-state index in [9.17, 15) is 18.4 Å². The number of H-pyrrole nitrogens is 1. The van der Waals surface area contributed by atoms with Gasteiger partial charge in [-0.15, -0.1) is 0 Å². The molecule has 1 rings (SSSR count). The Morgan fingerprint density at radius 1 is 1.60 bits per heavy atom. The molecule has 0 aliphatic carbocycles. The molecule has 0 bridgehead atoms. The van der Waals surface area contributed by atoms with Crippen molar-refractivity contribution in [1.82, 2.24) is 4.98 Å². The van der Waals surface area contributed by atoms with Gasteiger partial charge in [0.2, 0.25) is 5.43 Å². The number of rotatable bonds is 2. The Bertz CT molecular complexity index is 444. The average Bonchev–Trinajstić information content (AvgIpc) is 2.20. The van der Waals surface area contributed by atoms with Crippen LogP contribution in [0.1, 0.15) is 22.6 Å². The summed E-state index contributed by atoms with van der Waals surface area (Å²) in [5.74, 6) is -0.911. The number of halogens is 3. The zero-order chi connectivity index (χ0) is 11.6. The van der Waals surface area contributed by atoms with Gasteiger partial charge in [0.15, 0.2) is 0 Å². The molecular weight excluding hydrogens is 232 g/mol. The van der Waals surface area contributed by atoms with Gasteiger partial charge in [-0.05, 0) is 0 Å². The highest BCUT2D eigenvalue weighted by molar-refractivity contribution is 6.31. The lowest BCUT2D eigenvalue weighted by atomic mass is 10.3. The number of hydrogen-bond donors (Lipinski definition) is 1. The molecule has 4 nitrogen and oxygen atoms in total. The summed E-state index contributed by atoms with van der Waals surface area (Å²) in [5.41, 5.74) is -2.00. The van der Waals surface area contributed by atoms with Crippen molar-refractivity contribution < 1.29 is 18.3 Å². The second kappa shape index (κ2) is 4.39. The lowest BCUT2D eigenvalue weighted by Crippen LogP contribution is -2.14. The van der Waals surface area contributed by atoms with Crippen LogP contribution in [0.5, 0.6) is 0 Å². The number of carbonyl (C=O) groups is 1. The molecule has 0 amide bonds. The van der Waals surface area contributed by atoms with Crippen molar-refractivity contribution >= 4 is 17.6 Å². The number of methoxy groups -OCH3 is 1. The third-order valence-electron chi connectivity index (χ3n) is 1.62. The highest BCUT2D eigenvalue weighted by atomic mass is 35.5. The van der Waals surface area contributed by atoms with Gasteiger partial charge in [0.25, 0.3) is 6.43 Å². The number of carbonyl (C=O) groups excluding carboxylic acids is 1. The van der Waals surface area contributed by atoms with Gasteiger partial charge in [-0.1, -0.05) is 11.6 Å². The number of aromatic amines is 1. The Kier molecular flexibility index (Phi) is 3.41. The smallest absolute Gasteiger partial charge is 0.354 e. The van der Waals surface area contributed by atoms with Crippen LogP contribution >= 0.6 is 11.6 Å². The quantitative estimate of drug-likeness (QED) is 0.798. The average molecular weight is 238 g/mol. The first kappa shape index (κ1) is 11.6. The fourth-order valence-corrected chi connectivity index (χ4v) is 1.12. The molecule has 0 radical (unpaired) electrons. The topological polar surface area (TPSA) is 59.2 Å². The van der Waals surface area contributed by atoms with Gasteiger partial charge < -0.3 is 9.72 Å². The Hall–Kier alpha value is -1.43. The van der Waals surface area contributed by atoms with E-state index in [0.717, 1.165) is 13.2 Å². The predicted octanol–water partition coefficient (Wildman–Crippen LogP) is 1.75. The summed E-state index contributed by atoms with van der Waals surface area (Å²) in [6.07, 6.45) is -2.96. The third-order valence-corrected chi connectivity index (χ3v) is 2.01. The summed E-state index contributed by atoms with van der Waals surface area (Å²) in [7, 11) is 1.07. The maximum Gasteiger partial charge on any atom is 0.354 e. The van der Waals surface area contributed by atoms with Crippen LogP contribution in [0, 0.1) is 0 Å². The monoisotopic (exact) mass is 237 g/mol. The second-order valence-corrected chi connectivity index (χ2v) is 2.95. The molecule has 1 N–H and O–H groups in total. The summed E-state index contributed by atoms with van der Waals surface area (Å²) in [5, 5.41) is -0.627. The molecule has 15 heavy (non-hydrogen) atoms. The van der Waals surface area contributed by atoms with Gasteiger partial charge in [-0.25, -0.2) is 13.6 Å². The van der Waals surface area contributed by atoms with E-state index >= 15 is 0 Å². The van der Waals surface area contributed by atoms with E-state index < -0.39 is 28.5 Å². The van der Waals surface area contributed by atoms with Crippen molar-refractivity contribution in [2.24, 2.45) is 0 Å². The number of hydrogen-bond acceptors (Lipinski definition) is 3. The first-order valence-electron chi connectivity index (χ1n) is 3.76. The highest BCUT2D eigenvalue weighted by Crippen LogP contribution is 2.22. The first-order valence-corrected chi connectivity index (χ1v) is 4.14. The molecule has 0 aromatic carbocycles. The molecule has 0 atom stereocenters. The first-order chi connectivity index (χ1) is 6.97. The van der Waals surface area contributed by atoms with E-state index in [0.29, 0.717) is 0 Å². The molecule has 1 aromatic rings. The lowest BCUT2D eigenvalue weighted by molar-refractivity contribution is 0.0592. The number of alkyl halides is 2. The summed E-state index contributed by atoms with van der Waals surface area (Å²) in [6, 6.07) is 0.806. The van der Waals surface area contributed by atoms with Crippen LogP contribution in [-0.2, 0) is 4.74 Å². The molecule has 1 aromatic heterocycles. The standard InChI is InChI=1S/C8H6ClF2NO3/c1-15-8(14)3-2-4(13)5(9)6(12-3)7(10)11/h2,7H,1H3,(H,12,13). The van der Waals surface area contributed by atoms with Gasteiger partial charge in [0, 0.05) is 6.07 Å². The zero-order valence-corrected chi connectivity index (χ0v) is 8.27. The van der Waals surface area contributed by atoms with E-state index in [4.69, 9.17) is 11.6 Å². The molecule has 0 unspecified atom stereocenters. The van der Waals surface area contributed by atoms with Gasteiger partial charge in [-0.2, -0.15) is 0 Å². The third kappa shape index (κ3) is 2.33. The molecule has 0 spiro atoms. The fraction of sp³-hybridized carbons (Fsp3) is 0.250. The Balaban J connectivity index is 3.36. The van der Waals surface area contributed by atoms with Crippen molar-refractivity contribution in [2.75, 3.05) is 7.11 Å². The summed E-state index contributed by atoms with van der Waals surface area (Å²) in [4.78, 5) is 24.1. The summed E-state index contributed by atoms with van der Waals surface area (Å²) in [6.45, 7) is 0. The van der Waals surface area contributed by atoms with Crippen molar-refractivity contribution in [3.8, 4) is 0 Å². The molecule has 0 fully saturated rings. The van der Waals surface area contributed by atoms with E-state index in [-0.39, 0.29) is 5.69 Å². The molecule has 0 aliphatic rings. The number of aromatic nitrogens is 1. The fourth-order valence-electron chi connectivity index (χ4n) is 0.933. The normalized spacial score (nSPS) is 10.5. The second-order valence-electron chi connectivity index (χ2n) is 2.57. The lowest BCUT2D eigenvalue weighted by Gasteiger charge is -2.05. The Morgan fingerprint density at radius 3 is 2.67 bits per heavy atom. The Labute approximate surface area is 87.8 Å². The van der Waals surface area contributed by atoms with E-state index in [1.807, 2.05) is 4.98 Å². The van der Waals surface area contributed by atoms with Gasteiger partial charge in [-0.3, -0.25) is 4.79 Å². The number of pyridine rings is 1. The van der Waals surface area contributed by atoms with Gasteiger partial charge >= 0.3 is 5.97 Å². The van der Waals surface area contributed by atoms with Crippen molar-refractivity contribution in [2.45, 2.75) is 6.43 Å². The minimum absolute atomic E-state index is 0.359. The van der Waals surface area contributed by atoms with Crippen molar-refractivity contribution in [3.63, 3.8) is 0 Å². The number of nitrogens with one attached hydrogen (secondary N) is 1. The predicted molar refractivity (Wildman–Crippen MR) is 48.4 cm³/mol. The maximum absolute atomic E-state index is 12.3. The largest absolute Gasteiger partial charge is 0.464 e. The van der Waals surface area contributed by atoms with E-state index in [2.05, 4.69) is 4.74 Å². The summed E-state index contributed by atoms with van der Waals surface area (Å²) >= 11 is 5.33. The molecule has 0 saturated heterocycles. The van der Waals surface area contributed by atoms with Crippen LogP contribution in [0.15, 0.2) is 10.9 Å². The SMILES string of the molecule is COC(=O)c1cc(=O)c(Cl)c(C(F)F)[nH]1. The minimum Gasteiger partial charge on any atom is -0.464 e. The van der Waals surface area contributed by atoms with Crippen molar-refractivity contribution in [3.05, 3.63) is 32.7 Å². The Morgan fingerprint density at radius 2 is 2.20 bits per heavy atom. The van der Waals surface area contributed by atoms with Crippen LogP contribution < -0.4 is 5.43 Å².